The van der Waals surface area contributed by atoms with Crippen molar-refractivity contribution in [3.63, 3.8) is 0 Å². The molecule has 2 aliphatic heterocycles. The Morgan fingerprint density at radius 2 is 2.14 bits per heavy atom. The van der Waals surface area contributed by atoms with Gasteiger partial charge in [-0.3, -0.25) is 0 Å². The number of carbonyl (C=O) groups is 1. The van der Waals surface area contributed by atoms with Gasteiger partial charge in [0.05, 0.1) is 11.5 Å². The maximum absolute atomic E-state index is 12.1. The number of fused-ring (bicyclic) bond motifs is 1. The smallest absolute Gasteiger partial charge is 0.317 e. The number of urea groups is 1. The number of nitrogens with zero attached hydrogens (tertiary/aromatic N) is 1. The van der Waals surface area contributed by atoms with Gasteiger partial charge in [-0.1, -0.05) is 6.07 Å². The quantitative estimate of drug-likeness (QED) is 0.886. The van der Waals surface area contributed by atoms with Crippen LogP contribution in [0.3, 0.4) is 0 Å². The van der Waals surface area contributed by atoms with Crippen molar-refractivity contribution in [1.82, 2.24) is 10.2 Å². The Balaban J connectivity index is 1.57. The van der Waals surface area contributed by atoms with Crippen molar-refractivity contribution in [3.05, 3.63) is 23.8 Å². The monoisotopic (exact) mass is 326 g/mol. The van der Waals surface area contributed by atoms with Gasteiger partial charge in [0, 0.05) is 19.6 Å². The molecule has 7 nitrogen and oxygen atoms in total. The maximum Gasteiger partial charge on any atom is 0.317 e. The predicted molar refractivity (Wildman–Crippen MR) is 79.6 cm³/mol. The fraction of sp³-hybridized carbons (Fsp3) is 0.500. The summed E-state index contributed by atoms with van der Waals surface area (Å²) < 4.78 is 33.3. The molecule has 1 saturated heterocycles. The van der Waals surface area contributed by atoms with Gasteiger partial charge in [0.25, 0.3) is 0 Å². The molecule has 1 fully saturated rings. The lowest BCUT2D eigenvalue weighted by Crippen LogP contribution is -2.43. The standard InChI is InChI=1S/C14H18N2O5S/c1-16(14(17)15-11-4-5-22(18,19)8-11)7-10-2-3-12-13(6-10)21-9-20-12/h2-3,6,11H,4-5,7-9H2,1H3,(H,15,17)/t11-/m1/s1. The lowest BCUT2D eigenvalue weighted by Gasteiger charge is -2.20. The van der Waals surface area contributed by atoms with E-state index in [0.29, 0.717) is 24.5 Å². The van der Waals surface area contributed by atoms with E-state index in [-0.39, 0.29) is 30.4 Å². The highest BCUT2D eigenvalue weighted by atomic mass is 32.2. The summed E-state index contributed by atoms with van der Waals surface area (Å²) in [6, 6.07) is 4.95. The molecule has 8 heteroatoms. The van der Waals surface area contributed by atoms with Gasteiger partial charge < -0.3 is 19.7 Å². The lowest BCUT2D eigenvalue weighted by molar-refractivity contribution is 0.174. The molecular weight excluding hydrogens is 308 g/mol. The van der Waals surface area contributed by atoms with Crippen LogP contribution in [0.4, 0.5) is 4.79 Å². The van der Waals surface area contributed by atoms with Crippen molar-refractivity contribution in [2.45, 2.75) is 19.0 Å². The molecule has 1 aromatic rings. The fourth-order valence-electron chi connectivity index (χ4n) is 2.58. The number of hydrogen-bond acceptors (Lipinski definition) is 5. The third-order valence-corrected chi connectivity index (χ3v) is 5.53. The van der Waals surface area contributed by atoms with E-state index in [9.17, 15) is 13.2 Å². The first-order chi connectivity index (χ1) is 10.4. The molecule has 2 heterocycles. The second-order valence-corrected chi connectivity index (χ2v) is 7.82. The number of ether oxygens (including phenoxy) is 2. The van der Waals surface area contributed by atoms with Crippen molar-refractivity contribution in [3.8, 4) is 11.5 Å². The number of carbonyl (C=O) groups excluding carboxylic acids is 1. The fourth-order valence-corrected chi connectivity index (χ4v) is 4.25. The minimum absolute atomic E-state index is 0.0244. The van der Waals surface area contributed by atoms with Crippen LogP contribution in [-0.4, -0.2) is 50.7 Å². The summed E-state index contributed by atoms with van der Waals surface area (Å²) in [5.74, 6) is 1.54. The summed E-state index contributed by atoms with van der Waals surface area (Å²) >= 11 is 0. The predicted octanol–water partition coefficient (Wildman–Crippen LogP) is 0.744. The Morgan fingerprint density at radius 1 is 1.36 bits per heavy atom. The number of sulfone groups is 1. The average molecular weight is 326 g/mol. The van der Waals surface area contributed by atoms with Crippen LogP contribution < -0.4 is 14.8 Å². The van der Waals surface area contributed by atoms with Crippen LogP contribution in [0.1, 0.15) is 12.0 Å². The summed E-state index contributed by atoms with van der Waals surface area (Å²) in [5.41, 5.74) is 0.918. The van der Waals surface area contributed by atoms with Crippen LogP contribution in [0.25, 0.3) is 0 Å². The van der Waals surface area contributed by atoms with Crippen LogP contribution in [-0.2, 0) is 16.4 Å². The number of benzene rings is 1. The van der Waals surface area contributed by atoms with E-state index in [1.807, 2.05) is 18.2 Å². The van der Waals surface area contributed by atoms with Crippen LogP contribution in [0.15, 0.2) is 18.2 Å². The SMILES string of the molecule is CN(Cc1ccc2c(c1)OCO2)C(=O)N[C@@H]1CCS(=O)(=O)C1. The normalized spacial score (nSPS) is 21.6. The average Bonchev–Trinajstić information content (AvgIpc) is 3.04. The Bertz CT molecular complexity index is 688. The second-order valence-electron chi connectivity index (χ2n) is 5.59. The van der Waals surface area contributed by atoms with Crippen LogP contribution in [0.5, 0.6) is 11.5 Å². The number of hydrogen-bond donors (Lipinski definition) is 1. The van der Waals surface area contributed by atoms with Gasteiger partial charge in [0.15, 0.2) is 21.3 Å². The molecule has 2 amide bonds. The van der Waals surface area contributed by atoms with E-state index in [1.54, 1.807) is 7.05 Å². The number of rotatable bonds is 3. The molecule has 1 N–H and O–H groups in total. The molecule has 22 heavy (non-hydrogen) atoms. The molecule has 0 radical (unpaired) electrons. The zero-order valence-corrected chi connectivity index (χ0v) is 13.1. The first-order valence-corrected chi connectivity index (χ1v) is 8.86. The maximum atomic E-state index is 12.1. The highest BCUT2D eigenvalue weighted by Gasteiger charge is 2.29. The minimum atomic E-state index is -3.00. The zero-order chi connectivity index (χ0) is 15.7. The minimum Gasteiger partial charge on any atom is -0.454 e. The van der Waals surface area contributed by atoms with Crippen molar-refractivity contribution in [1.29, 1.82) is 0 Å². The molecule has 0 aromatic heterocycles. The molecule has 2 aliphatic rings. The van der Waals surface area contributed by atoms with E-state index in [0.717, 1.165) is 5.56 Å². The van der Waals surface area contributed by atoms with E-state index < -0.39 is 9.84 Å². The second kappa shape index (κ2) is 5.68. The summed E-state index contributed by atoms with van der Waals surface area (Å²) in [6.45, 7) is 0.618. The Hall–Kier alpha value is -1.96. The summed E-state index contributed by atoms with van der Waals surface area (Å²) in [5, 5.41) is 2.76. The van der Waals surface area contributed by atoms with E-state index in [4.69, 9.17) is 9.47 Å². The van der Waals surface area contributed by atoms with Crippen LogP contribution >= 0.6 is 0 Å². The third kappa shape index (κ3) is 3.27. The summed E-state index contributed by atoms with van der Waals surface area (Å²) in [7, 11) is -1.33. The summed E-state index contributed by atoms with van der Waals surface area (Å²) in [6.07, 6.45) is 0.478. The van der Waals surface area contributed by atoms with Crippen molar-refractivity contribution in [2.75, 3.05) is 25.3 Å². The van der Waals surface area contributed by atoms with Crippen molar-refractivity contribution in [2.24, 2.45) is 0 Å². The molecule has 0 bridgehead atoms. The highest BCUT2D eigenvalue weighted by molar-refractivity contribution is 7.91. The number of nitrogens with one attached hydrogen (secondary N) is 1. The van der Waals surface area contributed by atoms with E-state index >= 15 is 0 Å². The molecule has 3 rings (SSSR count). The molecule has 1 atom stereocenters. The lowest BCUT2D eigenvalue weighted by atomic mass is 10.2. The zero-order valence-electron chi connectivity index (χ0n) is 12.2. The van der Waals surface area contributed by atoms with E-state index in [1.165, 1.54) is 4.90 Å². The van der Waals surface area contributed by atoms with Crippen molar-refractivity contribution < 1.29 is 22.7 Å². The molecule has 0 unspecified atom stereocenters. The van der Waals surface area contributed by atoms with Gasteiger partial charge in [-0.2, -0.15) is 0 Å². The third-order valence-electron chi connectivity index (χ3n) is 3.76. The van der Waals surface area contributed by atoms with E-state index in [2.05, 4.69) is 5.32 Å². The molecule has 0 saturated carbocycles. The van der Waals surface area contributed by atoms with Crippen molar-refractivity contribution >= 4 is 15.9 Å². The van der Waals surface area contributed by atoms with Crippen LogP contribution in [0.2, 0.25) is 0 Å². The summed E-state index contributed by atoms with van der Waals surface area (Å²) in [4.78, 5) is 13.6. The topological polar surface area (TPSA) is 84.9 Å². The molecular formula is C14H18N2O5S. The van der Waals surface area contributed by atoms with Gasteiger partial charge in [-0.05, 0) is 24.1 Å². The van der Waals surface area contributed by atoms with Crippen LogP contribution in [0, 0.1) is 0 Å². The first kappa shape index (κ1) is 15.0. The molecule has 1 aromatic carbocycles. The van der Waals surface area contributed by atoms with Gasteiger partial charge >= 0.3 is 6.03 Å². The molecule has 120 valence electrons. The van der Waals surface area contributed by atoms with Gasteiger partial charge in [0.2, 0.25) is 6.79 Å². The van der Waals surface area contributed by atoms with Gasteiger partial charge in [0.1, 0.15) is 0 Å². The van der Waals surface area contributed by atoms with Gasteiger partial charge in [-0.25, -0.2) is 13.2 Å². The Morgan fingerprint density at radius 3 is 2.86 bits per heavy atom. The largest absolute Gasteiger partial charge is 0.454 e. The highest BCUT2D eigenvalue weighted by Crippen LogP contribution is 2.32. The molecule has 0 aliphatic carbocycles. The molecule has 0 spiro atoms. The van der Waals surface area contributed by atoms with Gasteiger partial charge in [-0.15, -0.1) is 0 Å². The number of amides is 2. The Kier molecular flexibility index (Phi) is 3.86. The Labute approximate surface area is 129 Å². The first-order valence-electron chi connectivity index (χ1n) is 7.03.